The van der Waals surface area contributed by atoms with Crippen molar-refractivity contribution in [2.75, 3.05) is 0 Å². The summed E-state index contributed by atoms with van der Waals surface area (Å²) in [5.41, 5.74) is 2.64. The first-order valence-corrected chi connectivity index (χ1v) is 8.58. The third-order valence-electron chi connectivity index (χ3n) is 3.30. The Kier molecular flexibility index (Phi) is 5.99. The summed E-state index contributed by atoms with van der Waals surface area (Å²) < 4.78 is 0. The molecule has 0 unspecified atom stereocenters. The molecule has 2 amide bonds. The number of hydrazine groups is 1. The number of amides is 2. The summed E-state index contributed by atoms with van der Waals surface area (Å²) in [6.45, 7) is 5.41. The minimum Gasteiger partial charge on any atom is -0.267 e. The van der Waals surface area contributed by atoms with Crippen molar-refractivity contribution in [1.82, 2.24) is 10.4 Å². The molecule has 25 heavy (non-hydrogen) atoms. The third kappa shape index (κ3) is 5.11. The molecule has 132 valence electrons. The zero-order valence-corrected chi connectivity index (χ0v) is 16.2. The van der Waals surface area contributed by atoms with E-state index >= 15 is 0 Å². The Morgan fingerprint density at radius 2 is 1.36 bits per heavy atom. The molecular weight excluding hydrogens is 383 g/mol. The van der Waals surface area contributed by atoms with Crippen LogP contribution in [0.3, 0.4) is 0 Å². The highest BCUT2D eigenvalue weighted by molar-refractivity contribution is 6.35. The van der Waals surface area contributed by atoms with Gasteiger partial charge in [0, 0.05) is 26.2 Å². The first-order chi connectivity index (χ1) is 11.6. The molecule has 0 aromatic heterocycles. The van der Waals surface area contributed by atoms with Crippen molar-refractivity contribution in [2.24, 2.45) is 0 Å². The van der Waals surface area contributed by atoms with Gasteiger partial charge in [0.1, 0.15) is 0 Å². The van der Waals surface area contributed by atoms with Crippen LogP contribution in [0.2, 0.25) is 15.1 Å². The average Bonchev–Trinajstić information content (AvgIpc) is 2.50. The maximum Gasteiger partial charge on any atom is 0.272 e. The van der Waals surface area contributed by atoms with Crippen LogP contribution in [-0.4, -0.2) is 22.4 Å². The zero-order valence-electron chi connectivity index (χ0n) is 13.9. The van der Waals surface area contributed by atoms with Gasteiger partial charge in [-0.3, -0.25) is 15.0 Å². The van der Waals surface area contributed by atoms with Crippen LogP contribution in [0.15, 0.2) is 42.5 Å². The number of hydrogen-bond acceptors (Lipinski definition) is 2. The predicted molar refractivity (Wildman–Crippen MR) is 101 cm³/mol. The second-order valence-corrected chi connectivity index (χ2v) is 7.73. The lowest BCUT2D eigenvalue weighted by Crippen LogP contribution is -2.55. The molecule has 0 atom stereocenters. The van der Waals surface area contributed by atoms with E-state index in [0.717, 1.165) is 0 Å². The highest BCUT2D eigenvalue weighted by Crippen LogP contribution is 2.22. The number of nitrogens with zero attached hydrogens (tertiary/aromatic N) is 1. The van der Waals surface area contributed by atoms with Gasteiger partial charge in [0.15, 0.2) is 0 Å². The summed E-state index contributed by atoms with van der Waals surface area (Å²) in [6, 6.07) is 10.9. The van der Waals surface area contributed by atoms with E-state index in [9.17, 15) is 9.59 Å². The van der Waals surface area contributed by atoms with E-state index in [1.54, 1.807) is 45.0 Å². The van der Waals surface area contributed by atoms with Gasteiger partial charge < -0.3 is 0 Å². The molecule has 2 aromatic carbocycles. The first kappa shape index (κ1) is 19.6. The molecular formula is C18H17Cl3N2O2. The van der Waals surface area contributed by atoms with Gasteiger partial charge in [-0.2, -0.15) is 0 Å². The van der Waals surface area contributed by atoms with Crippen molar-refractivity contribution in [1.29, 1.82) is 0 Å². The van der Waals surface area contributed by atoms with Crippen LogP contribution < -0.4 is 5.43 Å². The van der Waals surface area contributed by atoms with E-state index in [-0.39, 0.29) is 5.56 Å². The normalized spacial score (nSPS) is 11.1. The molecule has 0 heterocycles. The summed E-state index contributed by atoms with van der Waals surface area (Å²) in [5, 5.41) is 2.46. The monoisotopic (exact) mass is 398 g/mol. The molecule has 4 nitrogen and oxygen atoms in total. The van der Waals surface area contributed by atoms with Gasteiger partial charge in [-0.1, -0.05) is 34.8 Å². The van der Waals surface area contributed by atoms with Gasteiger partial charge in [-0.25, -0.2) is 5.01 Å². The average molecular weight is 400 g/mol. The van der Waals surface area contributed by atoms with Crippen LogP contribution in [0.25, 0.3) is 0 Å². The SMILES string of the molecule is CC(C)(C)N(NC(=O)c1ccc(Cl)cc1)C(=O)c1cc(Cl)cc(Cl)c1. The molecule has 7 heteroatoms. The fourth-order valence-electron chi connectivity index (χ4n) is 2.10. The Morgan fingerprint density at radius 3 is 1.84 bits per heavy atom. The number of nitrogens with one attached hydrogen (secondary N) is 1. The lowest BCUT2D eigenvalue weighted by molar-refractivity contribution is 0.0358. The Hall–Kier alpha value is -1.75. The quantitative estimate of drug-likeness (QED) is 0.703. The van der Waals surface area contributed by atoms with E-state index < -0.39 is 17.4 Å². The standard InChI is InChI=1S/C18H17Cl3N2O2/c1-18(2,3)23(17(25)12-8-14(20)10-15(21)9-12)22-16(24)11-4-6-13(19)7-5-11/h4-10H,1-3H3,(H,22,24). The Balaban J connectivity index is 2.31. The van der Waals surface area contributed by atoms with Gasteiger partial charge in [-0.15, -0.1) is 0 Å². The van der Waals surface area contributed by atoms with Crippen LogP contribution in [0.5, 0.6) is 0 Å². The van der Waals surface area contributed by atoms with Crippen molar-refractivity contribution >= 4 is 46.6 Å². The van der Waals surface area contributed by atoms with Crippen molar-refractivity contribution in [3.05, 3.63) is 68.7 Å². The van der Waals surface area contributed by atoms with Crippen LogP contribution in [0.4, 0.5) is 0 Å². The molecule has 0 spiro atoms. The first-order valence-electron chi connectivity index (χ1n) is 7.45. The molecule has 0 aliphatic heterocycles. The topological polar surface area (TPSA) is 49.4 Å². The highest BCUT2D eigenvalue weighted by Gasteiger charge is 2.30. The van der Waals surface area contributed by atoms with E-state index in [0.29, 0.717) is 20.6 Å². The van der Waals surface area contributed by atoms with Gasteiger partial charge in [-0.05, 0) is 63.2 Å². The maximum absolute atomic E-state index is 12.9. The van der Waals surface area contributed by atoms with Crippen LogP contribution >= 0.6 is 34.8 Å². The third-order valence-corrected chi connectivity index (χ3v) is 3.99. The molecule has 2 rings (SSSR count). The fourth-order valence-corrected chi connectivity index (χ4v) is 2.75. The van der Waals surface area contributed by atoms with E-state index in [2.05, 4.69) is 5.43 Å². The molecule has 1 N–H and O–H groups in total. The second kappa shape index (κ2) is 7.65. The fraction of sp³-hybridized carbons (Fsp3) is 0.222. The zero-order chi connectivity index (χ0) is 18.8. The molecule has 2 aromatic rings. The molecule has 0 aliphatic carbocycles. The summed E-state index contributed by atoms with van der Waals surface area (Å²) in [4.78, 5) is 25.4. The highest BCUT2D eigenvalue weighted by atomic mass is 35.5. The number of halogens is 3. The largest absolute Gasteiger partial charge is 0.272 e. The number of carbonyl (C=O) groups excluding carboxylic acids is 2. The van der Waals surface area contributed by atoms with Gasteiger partial charge in [0.05, 0.1) is 5.54 Å². The Labute approximate surface area is 161 Å². The van der Waals surface area contributed by atoms with Crippen molar-refractivity contribution in [3.8, 4) is 0 Å². The number of rotatable bonds is 2. The van der Waals surface area contributed by atoms with Gasteiger partial charge in [0.25, 0.3) is 11.8 Å². The van der Waals surface area contributed by atoms with Crippen LogP contribution in [0.1, 0.15) is 41.5 Å². The Morgan fingerprint density at radius 1 is 0.840 bits per heavy atom. The molecule has 0 aliphatic rings. The number of carbonyl (C=O) groups is 2. The lowest BCUT2D eigenvalue weighted by atomic mass is 10.1. The van der Waals surface area contributed by atoms with E-state index in [4.69, 9.17) is 34.8 Å². The van der Waals surface area contributed by atoms with Crippen molar-refractivity contribution < 1.29 is 9.59 Å². The molecule has 0 bridgehead atoms. The smallest absolute Gasteiger partial charge is 0.267 e. The summed E-state index contributed by atoms with van der Waals surface area (Å²) in [7, 11) is 0. The lowest BCUT2D eigenvalue weighted by Gasteiger charge is -2.35. The Bertz CT molecular complexity index is 779. The predicted octanol–water partition coefficient (Wildman–Crippen LogP) is 5.23. The number of benzene rings is 2. The van der Waals surface area contributed by atoms with E-state index in [1.807, 2.05) is 0 Å². The summed E-state index contributed by atoms with van der Waals surface area (Å²) in [5.74, 6) is -0.840. The molecule has 0 fully saturated rings. The summed E-state index contributed by atoms with van der Waals surface area (Å²) >= 11 is 17.8. The van der Waals surface area contributed by atoms with Gasteiger partial charge in [0.2, 0.25) is 0 Å². The van der Waals surface area contributed by atoms with Gasteiger partial charge >= 0.3 is 0 Å². The van der Waals surface area contributed by atoms with Crippen LogP contribution in [-0.2, 0) is 0 Å². The molecule has 0 radical (unpaired) electrons. The van der Waals surface area contributed by atoms with Crippen molar-refractivity contribution in [2.45, 2.75) is 26.3 Å². The minimum atomic E-state index is -0.673. The molecule has 0 saturated heterocycles. The molecule has 0 saturated carbocycles. The second-order valence-electron chi connectivity index (χ2n) is 6.42. The van der Waals surface area contributed by atoms with Crippen molar-refractivity contribution in [3.63, 3.8) is 0 Å². The summed E-state index contributed by atoms with van der Waals surface area (Å²) in [6.07, 6.45) is 0. The minimum absolute atomic E-state index is 0.281. The maximum atomic E-state index is 12.9. The van der Waals surface area contributed by atoms with Crippen LogP contribution in [0, 0.1) is 0 Å². The number of hydrogen-bond donors (Lipinski definition) is 1. The van der Waals surface area contributed by atoms with E-state index in [1.165, 1.54) is 23.2 Å².